The van der Waals surface area contributed by atoms with E-state index in [1.54, 1.807) is 0 Å². The van der Waals surface area contributed by atoms with Crippen LogP contribution >= 0.6 is 0 Å². The number of carboxylic acid groups (broad SMARTS) is 1. The van der Waals surface area contributed by atoms with Crippen molar-refractivity contribution in [2.45, 2.75) is 24.9 Å². The van der Waals surface area contributed by atoms with Crippen LogP contribution in [0.15, 0.2) is 21.6 Å². The molecule has 0 aliphatic carbocycles. The lowest BCUT2D eigenvalue weighted by molar-refractivity contribution is 0.0656. The van der Waals surface area contributed by atoms with E-state index in [9.17, 15) is 13.2 Å². The number of hydrogen-bond donors (Lipinski definition) is 2. The van der Waals surface area contributed by atoms with Gasteiger partial charge in [0.15, 0.2) is 0 Å². The van der Waals surface area contributed by atoms with Crippen molar-refractivity contribution in [3.05, 3.63) is 17.9 Å². The second-order valence-electron chi connectivity index (χ2n) is 3.91. The second-order valence-corrected chi connectivity index (χ2v) is 5.77. The molecule has 0 amide bonds. The van der Waals surface area contributed by atoms with Crippen LogP contribution in [0.25, 0.3) is 0 Å². The largest absolute Gasteiger partial charge is 0.475 e. The molecule has 0 fully saturated rings. The minimum Gasteiger partial charge on any atom is -0.475 e. The molecule has 0 spiro atoms. The highest BCUT2D eigenvalue weighted by Gasteiger charge is 2.27. The van der Waals surface area contributed by atoms with E-state index < -0.39 is 26.8 Å². The van der Waals surface area contributed by atoms with Crippen molar-refractivity contribution in [1.82, 2.24) is 4.31 Å². The highest BCUT2D eigenvalue weighted by Crippen LogP contribution is 2.19. The van der Waals surface area contributed by atoms with Gasteiger partial charge in [0.25, 0.3) is 10.0 Å². The highest BCUT2D eigenvalue weighted by atomic mass is 32.2. The summed E-state index contributed by atoms with van der Waals surface area (Å²) in [5, 5.41) is 17.2. The van der Waals surface area contributed by atoms with Crippen LogP contribution in [0.3, 0.4) is 0 Å². The first-order valence-electron chi connectivity index (χ1n) is 5.87. The number of carbonyl (C=O) groups is 1. The molecule has 2 N–H and O–H groups in total. The second kappa shape index (κ2) is 6.69. The average Bonchev–Trinajstić information content (AvgIpc) is 2.84. The molecule has 0 radical (unpaired) electrons. The van der Waals surface area contributed by atoms with E-state index >= 15 is 0 Å². The first-order valence-corrected chi connectivity index (χ1v) is 7.31. The van der Waals surface area contributed by atoms with Gasteiger partial charge < -0.3 is 14.6 Å². The van der Waals surface area contributed by atoms with Gasteiger partial charge in [0.2, 0.25) is 10.9 Å². The summed E-state index contributed by atoms with van der Waals surface area (Å²) < 4.78 is 30.3. The fourth-order valence-electron chi connectivity index (χ4n) is 1.50. The van der Waals surface area contributed by atoms with Crippen LogP contribution in [-0.2, 0) is 10.0 Å². The van der Waals surface area contributed by atoms with Crippen LogP contribution in [0.4, 0.5) is 0 Å². The smallest absolute Gasteiger partial charge is 0.371 e. The van der Waals surface area contributed by atoms with Crippen molar-refractivity contribution in [2.24, 2.45) is 0 Å². The molecule has 1 aromatic rings. The summed E-state index contributed by atoms with van der Waals surface area (Å²) in [7, 11) is -3.90. The number of rotatable bonds is 8. The normalized spacial score (nSPS) is 11.9. The standard InChI is InChI=1S/C11H17NO6S/c1-2-3-6-12(7-8-13)19(16,17)10-5-4-9(18-10)11(14)15/h4-5,13H,2-3,6-8H2,1H3,(H,14,15). The predicted octanol–water partition coefficient (Wildman–Crippen LogP) is 0.761. The Kier molecular flexibility index (Phi) is 5.52. The maximum atomic E-state index is 12.2. The fourth-order valence-corrected chi connectivity index (χ4v) is 2.88. The third-order valence-electron chi connectivity index (χ3n) is 2.50. The van der Waals surface area contributed by atoms with Crippen LogP contribution in [0.2, 0.25) is 0 Å². The summed E-state index contributed by atoms with van der Waals surface area (Å²) in [6.07, 6.45) is 1.45. The Morgan fingerprint density at radius 2 is 2.05 bits per heavy atom. The molecule has 0 unspecified atom stereocenters. The third-order valence-corrected chi connectivity index (χ3v) is 4.27. The van der Waals surface area contributed by atoms with E-state index in [-0.39, 0.29) is 19.7 Å². The first kappa shape index (κ1) is 15.7. The van der Waals surface area contributed by atoms with Crippen molar-refractivity contribution in [1.29, 1.82) is 0 Å². The highest BCUT2D eigenvalue weighted by molar-refractivity contribution is 7.89. The average molecular weight is 291 g/mol. The zero-order valence-corrected chi connectivity index (χ0v) is 11.4. The molecule has 1 aromatic heterocycles. The Morgan fingerprint density at radius 3 is 2.53 bits per heavy atom. The molecular weight excluding hydrogens is 274 g/mol. The Labute approximate surface area is 111 Å². The van der Waals surface area contributed by atoms with Crippen LogP contribution in [0, 0.1) is 0 Å². The molecule has 1 rings (SSSR count). The molecular formula is C11H17NO6S. The lowest BCUT2D eigenvalue weighted by atomic mass is 10.3. The number of unbranched alkanes of at least 4 members (excludes halogenated alkanes) is 1. The van der Waals surface area contributed by atoms with Crippen LogP contribution in [0.5, 0.6) is 0 Å². The van der Waals surface area contributed by atoms with Crippen LogP contribution in [0.1, 0.15) is 30.3 Å². The number of carboxylic acids is 1. The van der Waals surface area contributed by atoms with Crippen molar-refractivity contribution in [3.8, 4) is 0 Å². The van der Waals surface area contributed by atoms with E-state index in [4.69, 9.17) is 14.6 Å². The molecule has 7 nitrogen and oxygen atoms in total. The first-order chi connectivity index (χ1) is 8.93. The Bertz CT molecular complexity index is 521. The molecule has 0 aliphatic heterocycles. The molecule has 108 valence electrons. The van der Waals surface area contributed by atoms with E-state index in [1.807, 2.05) is 6.92 Å². The number of furan rings is 1. The van der Waals surface area contributed by atoms with Gasteiger partial charge in [0, 0.05) is 13.1 Å². The van der Waals surface area contributed by atoms with Crippen molar-refractivity contribution >= 4 is 16.0 Å². The minimum atomic E-state index is -3.90. The number of aromatic carboxylic acids is 1. The third kappa shape index (κ3) is 3.79. The van der Waals surface area contributed by atoms with Gasteiger partial charge in [-0.15, -0.1) is 0 Å². The lowest BCUT2D eigenvalue weighted by Gasteiger charge is -2.19. The number of nitrogens with zero attached hydrogens (tertiary/aromatic N) is 1. The molecule has 0 aromatic carbocycles. The molecule has 0 bridgehead atoms. The van der Waals surface area contributed by atoms with Gasteiger partial charge in [-0.3, -0.25) is 0 Å². The lowest BCUT2D eigenvalue weighted by Crippen LogP contribution is -2.34. The summed E-state index contributed by atoms with van der Waals surface area (Å²) in [5.74, 6) is -1.76. The zero-order valence-electron chi connectivity index (χ0n) is 10.6. The molecule has 8 heteroatoms. The summed E-state index contributed by atoms with van der Waals surface area (Å²) in [6.45, 7) is 1.81. The molecule has 0 aliphatic rings. The van der Waals surface area contributed by atoms with Gasteiger partial charge >= 0.3 is 5.97 Å². The van der Waals surface area contributed by atoms with Crippen molar-refractivity contribution < 1.29 is 27.8 Å². The maximum Gasteiger partial charge on any atom is 0.371 e. The minimum absolute atomic E-state index is 0.0502. The SMILES string of the molecule is CCCCN(CCO)S(=O)(=O)c1ccc(C(=O)O)o1. The van der Waals surface area contributed by atoms with Gasteiger partial charge in [0.05, 0.1) is 6.61 Å². The number of sulfonamides is 1. The quantitative estimate of drug-likeness (QED) is 0.732. The zero-order chi connectivity index (χ0) is 14.5. The van der Waals surface area contributed by atoms with Gasteiger partial charge in [-0.25, -0.2) is 13.2 Å². The van der Waals surface area contributed by atoms with Crippen LogP contribution in [-0.4, -0.2) is 48.6 Å². The fraction of sp³-hybridized carbons (Fsp3) is 0.545. The molecule has 1 heterocycles. The summed E-state index contributed by atoms with van der Waals surface area (Å²) in [6, 6.07) is 2.20. The summed E-state index contributed by atoms with van der Waals surface area (Å²) >= 11 is 0. The number of hydrogen-bond acceptors (Lipinski definition) is 5. The van der Waals surface area contributed by atoms with Gasteiger partial charge in [0.1, 0.15) is 0 Å². The summed E-state index contributed by atoms with van der Waals surface area (Å²) in [5.41, 5.74) is 0. The topological polar surface area (TPSA) is 108 Å². The molecule has 0 saturated carbocycles. The molecule has 19 heavy (non-hydrogen) atoms. The summed E-state index contributed by atoms with van der Waals surface area (Å²) in [4.78, 5) is 10.7. The van der Waals surface area contributed by atoms with E-state index in [2.05, 4.69) is 0 Å². The van der Waals surface area contributed by atoms with E-state index in [0.29, 0.717) is 6.42 Å². The van der Waals surface area contributed by atoms with Gasteiger partial charge in [-0.1, -0.05) is 13.3 Å². The monoisotopic (exact) mass is 291 g/mol. The maximum absolute atomic E-state index is 12.2. The van der Waals surface area contributed by atoms with Gasteiger partial charge in [-0.05, 0) is 18.6 Å². The molecule has 0 atom stereocenters. The Balaban J connectivity index is 3.00. The van der Waals surface area contributed by atoms with Gasteiger partial charge in [-0.2, -0.15) is 4.31 Å². The van der Waals surface area contributed by atoms with Crippen molar-refractivity contribution in [3.63, 3.8) is 0 Å². The van der Waals surface area contributed by atoms with E-state index in [1.165, 1.54) is 0 Å². The Morgan fingerprint density at radius 1 is 1.37 bits per heavy atom. The van der Waals surface area contributed by atoms with E-state index in [0.717, 1.165) is 22.9 Å². The van der Waals surface area contributed by atoms with Crippen molar-refractivity contribution in [2.75, 3.05) is 19.7 Å². The Hall–Kier alpha value is -1.38. The molecule has 0 saturated heterocycles. The number of aliphatic hydroxyl groups is 1. The van der Waals surface area contributed by atoms with Crippen LogP contribution < -0.4 is 0 Å². The predicted molar refractivity (Wildman–Crippen MR) is 66.4 cm³/mol. The number of aliphatic hydroxyl groups excluding tert-OH is 1.